The fourth-order valence-corrected chi connectivity index (χ4v) is 3.21. The Bertz CT molecular complexity index is 662. The van der Waals surface area contributed by atoms with Crippen molar-refractivity contribution in [1.82, 2.24) is 29.5 Å². The molecule has 1 N–H and O–H groups in total. The summed E-state index contributed by atoms with van der Waals surface area (Å²) in [6.45, 7) is 9.60. The van der Waals surface area contributed by atoms with E-state index < -0.39 is 0 Å². The molecular formula is C16H24N6O. The van der Waals surface area contributed by atoms with Gasteiger partial charge in [0, 0.05) is 37.7 Å². The summed E-state index contributed by atoms with van der Waals surface area (Å²) in [4.78, 5) is 24.5. The normalized spacial score (nSPS) is 19.3. The molecule has 1 atom stereocenters. The van der Waals surface area contributed by atoms with Crippen LogP contribution in [-0.4, -0.2) is 61.6 Å². The second kappa shape index (κ2) is 6.54. The Hall–Kier alpha value is -2.15. The smallest absolute Gasteiger partial charge is 0.244 e. The zero-order chi connectivity index (χ0) is 16.4. The van der Waals surface area contributed by atoms with E-state index in [1.165, 1.54) is 0 Å². The number of piperazine rings is 1. The molecule has 0 aliphatic carbocycles. The first-order valence-corrected chi connectivity index (χ1v) is 8.10. The lowest BCUT2D eigenvalue weighted by Gasteiger charge is -2.40. The quantitative estimate of drug-likeness (QED) is 0.918. The van der Waals surface area contributed by atoms with Gasteiger partial charge in [0.2, 0.25) is 5.91 Å². The van der Waals surface area contributed by atoms with E-state index in [-0.39, 0.29) is 11.9 Å². The predicted octanol–water partition coefficient (Wildman–Crippen LogP) is 1.13. The number of carbonyl (C=O) groups excluding carboxylic acids is 1. The summed E-state index contributed by atoms with van der Waals surface area (Å²) in [6.07, 6.45) is 3.60. The highest BCUT2D eigenvalue weighted by molar-refractivity contribution is 5.76. The maximum Gasteiger partial charge on any atom is 0.244 e. The third kappa shape index (κ3) is 3.29. The van der Waals surface area contributed by atoms with Crippen molar-refractivity contribution in [3.8, 4) is 0 Å². The predicted molar refractivity (Wildman–Crippen MR) is 86.9 cm³/mol. The summed E-state index contributed by atoms with van der Waals surface area (Å²) in [5, 5.41) is 4.39. The number of aromatic amines is 1. The van der Waals surface area contributed by atoms with Gasteiger partial charge in [-0.3, -0.25) is 14.4 Å². The molecule has 124 valence electrons. The molecule has 3 heterocycles. The van der Waals surface area contributed by atoms with E-state index in [2.05, 4.69) is 26.9 Å². The Morgan fingerprint density at radius 1 is 1.39 bits per heavy atom. The van der Waals surface area contributed by atoms with Crippen LogP contribution in [0.5, 0.6) is 0 Å². The minimum Gasteiger partial charge on any atom is -0.347 e. The van der Waals surface area contributed by atoms with Gasteiger partial charge in [0.25, 0.3) is 0 Å². The number of nitrogens with one attached hydrogen (secondary N) is 1. The maximum absolute atomic E-state index is 12.7. The van der Waals surface area contributed by atoms with Gasteiger partial charge in [-0.25, -0.2) is 4.98 Å². The molecule has 0 saturated carbocycles. The van der Waals surface area contributed by atoms with Crippen LogP contribution in [0.1, 0.15) is 30.2 Å². The van der Waals surface area contributed by atoms with Crippen molar-refractivity contribution in [2.24, 2.45) is 0 Å². The van der Waals surface area contributed by atoms with E-state index in [4.69, 9.17) is 0 Å². The van der Waals surface area contributed by atoms with Crippen molar-refractivity contribution in [3.63, 3.8) is 0 Å². The minimum absolute atomic E-state index is 0.114. The molecule has 0 radical (unpaired) electrons. The van der Waals surface area contributed by atoms with E-state index in [9.17, 15) is 4.79 Å². The fraction of sp³-hybridized carbons (Fsp3) is 0.562. The number of amides is 1. The number of aromatic nitrogens is 4. The van der Waals surface area contributed by atoms with Gasteiger partial charge in [0.05, 0.1) is 11.7 Å². The van der Waals surface area contributed by atoms with Crippen LogP contribution in [0.4, 0.5) is 0 Å². The summed E-state index contributed by atoms with van der Waals surface area (Å²) in [7, 11) is 0. The van der Waals surface area contributed by atoms with Gasteiger partial charge in [-0.05, 0) is 26.5 Å². The maximum atomic E-state index is 12.7. The molecular weight excluding hydrogens is 292 g/mol. The second-order valence-electron chi connectivity index (χ2n) is 6.04. The Morgan fingerprint density at radius 3 is 2.83 bits per heavy atom. The molecule has 7 nitrogen and oxygen atoms in total. The van der Waals surface area contributed by atoms with Gasteiger partial charge in [-0.2, -0.15) is 5.10 Å². The van der Waals surface area contributed by atoms with Crippen molar-refractivity contribution in [3.05, 3.63) is 35.7 Å². The molecule has 1 saturated heterocycles. The molecule has 0 unspecified atom stereocenters. The monoisotopic (exact) mass is 316 g/mol. The van der Waals surface area contributed by atoms with Gasteiger partial charge in [-0.1, -0.05) is 6.92 Å². The van der Waals surface area contributed by atoms with E-state index in [1.807, 2.05) is 31.0 Å². The van der Waals surface area contributed by atoms with Crippen molar-refractivity contribution in [2.75, 3.05) is 26.2 Å². The van der Waals surface area contributed by atoms with Gasteiger partial charge in [0.1, 0.15) is 12.4 Å². The Balaban J connectivity index is 1.70. The van der Waals surface area contributed by atoms with Gasteiger partial charge in [0.15, 0.2) is 0 Å². The number of imidazole rings is 1. The number of rotatable bonds is 4. The highest BCUT2D eigenvalue weighted by atomic mass is 16.2. The fourth-order valence-electron chi connectivity index (χ4n) is 3.21. The third-order valence-electron chi connectivity index (χ3n) is 4.47. The van der Waals surface area contributed by atoms with Crippen LogP contribution in [-0.2, 0) is 11.3 Å². The zero-order valence-electron chi connectivity index (χ0n) is 14.0. The first-order valence-electron chi connectivity index (χ1n) is 8.10. The Morgan fingerprint density at radius 2 is 2.22 bits per heavy atom. The highest BCUT2D eigenvalue weighted by Gasteiger charge is 2.31. The van der Waals surface area contributed by atoms with E-state index in [0.29, 0.717) is 13.1 Å². The van der Waals surface area contributed by atoms with Crippen LogP contribution in [0.2, 0.25) is 0 Å². The average molecular weight is 316 g/mol. The summed E-state index contributed by atoms with van der Waals surface area (Å²) in [5.74, 6) is 1.04. The first-order chi connectivity index (χ1) is 11.1. The lowest BCUT2D eigenvalue weighted by molar-refractivity contribution is -0.135. The van der Waals surface area contributed by atoms with E-state index in [0.717, 1.165) is 36.8 Å². The van der Waals surface area contributed by atoms with E-state index >= 15 is 0 Å². The molecule has 0 aromatic carbocycles. The molecule has 0 spiro atoms. The number of carbonyl (C=O) groups is 1. The Labute approximate surface area is 136 Å². The standard InChI is InChI=1S/C16H24N6O/c1-4-20-7-8-21(10-14(20)16-17-5-6-18-16)15(23)11-22-13(3)9-12(2)19-22/h5-6,9,14H,4,7-8,10-11H2,1-3H3,(H,17,18)/t14-/m1/s1. The second-order valence-corrected chi connectivity index (χ2v) is 6.04. The van der Waals surface area contributed by atoms with Crippen LogP contribution in [0.25, 0.3) is 0 Å². The minimum atomic E-state index is 0.114. The number of hydrogen-bond donors (Lipinski definition) is 1. The van der Waals surface area contributed by atoms with Gasteiger partial charge >= 0.3 is 0 Å². The number of nitrogens with zero attached hydrogens (tertiary/aromatic N) is 5. The van der Waals surface area contributed by atoms with Crippen LogP contribution in [0.15, 0.2) is 18.5 Å². The molecule has 2 aromatic rings. The van der Waals surface area contributed by atoms with Gasteiger partial charge in [-0.15, -0.1) is 0 Å². The molecule has 1 aliphatic rings. The molecule has 3 rings (SSSR count). The van der Waals surface area contributed by atoms with Crippen molar-refractivity contribution in [1.29, 1.82) is 0 Å². The number of hydrogen-bond acceptors (Lipinski definition) is 4. The average Bonchev–Trinajstić information content (AvgIpc) is 3.17. The molecule has 7 heteroatoms. The van der Waals surface area contributed by atoms with E-state index in [1.54, 1.807) is 10.9 Å². The van der Waals surface area contributed by atoms with Crippen LogP contribution in [0.3, 0.4) is 0 Å². The van der Waals surface area contributed by atoms with Crippen LogP contribution < -0.4 is 0 Å². The van der Waals surface area contributed by atoms with Gasteiger partial charge < -0.3 is 9.88 Å². The third-order valence-corrected chi connectivity index (χ3v) is 4.47. The molecule has 1 amide bonds. The van der Waals surface area contributed by atoms with Crippen LogP contribution in [0, 0.1) is 13.8 Å². The SMILES string of the molecule is CCN1CCN(C(=O)Cn2nc(C)cc2C)C[C@@H]1c1ncc[nH]1. The van der Waals surface area contributed by atoms with Crippen molar-refractivity contribution in [2.45, 2.75) is 33.4 Å². The summed E-state index contributed by atoms with van der Waals surface area (Å²) in [5.41, 5.74) is 1.96. The zero-order valence-corrected chi connectivity index (χ0v) is 14.0. The summed E-state index contributed by atoms with van der Waals surface area (Å²) >= 11 is 0. The number of likely N-dealkylation sites (N-methyl/N-ethyl adjacent to an activating group) is 1. The van der Waals surface area contributed by atoms with Crippen molar-refractivity contribution < 1.29 is 4.79 Å². The lowest BCUT2D eigenvalue weighted by atomic mass is 10.1. The van der Waals surface area contributed by atoms with Crippen molar-refractivity contribution >= 4 is 5.91 Å². The number of aryl methyl sites for hydroxylation is 2. The lowest BCUT2D eigenvalue weighted by Crippen LogP contribution is -2.51. The highest BCUT2D eigenvalue weighted by Crippen LogP contribution is 2.22. The largest absolute Gasteiger partial charge is 0.347 e. The molecule has 1 aliphatic heterocycles. The molecule has 2 aromatic heterocycles. The molecule has 0 bridgehead atoms. The summed E-state index contributed by atoms with van der Waals surface area (Å²) < 4.78 is 1.78. The van der Waals surface area contributed by atoms with Crippen LogP contribution >= 0.6 is 0 Å². The Kier molecular flexibility index (Phi) is 4.47. The molecule has 23 heavy (non-hydrogen) atoms. The summed E-state index contributed by atoms with van der Waals surface area (Å²) in [6, 6.07) is 2.13. The molecule has 1 fully saturated rings. The number of H-pyrrole nitrogens is 1. The first kappa shape index (κ1) is 15.7. The topological polar surface area (TPSA) is 70.1 Å².